The number of hydrogen-bond donors (Lipinski definition) is 1. The van der Waals surface area contributed by atoms with Crippen molar-refractivity contribution in [1.29, 1.82) is 0 Å². The third kappa shape index (κ3) is 3.19. The van der Waals surface area contributed by atoms with Gasteiger partial charge in [-0.2, -0.15) is 0 Å². The van der Waals surface area contributed by atoms with Crippen LogP contribution in [0.4, 0.5) is 0 Å². The zero-order valence-electron chi connectivity index (χ0n) is 10.1. The highest BCUT2D eigenvalue weighted by molar-refractivity contribution is 5.30. The molecule has 2 N–H and O–H groups in total. The van der Waals surface area contributed by atoms with E-state index in [-0.39, 0.29) is 12.4 Å². The second-order valence-corrected chi connectivity index (χ2v) is 3.97. The van der Waals surface area contributed by atoms with Gasteiger partial charge in [-0.25, -0.2) is 0 Å². The molecular formula is C13H19NO3. The Hall–Kier alpha value is -1.10. The Morgan fingerprint density at radius 1 is 1.47 bits per heavy atom. The molecule has 2 unspecified atom stereocenters. The number of nitrogens with two attached hydrogens (primary N) is 1. The first kappa shape index (κ1) is 12.4. The summed E-state index contributed by atoms with van der Waals surface area (Å²) in [5.41, 5.74) is 6.57. The first-order valence-corrected chi connectivity index (χ1v) is 6.03. The van der Waals surface area contributed by atoms with Crippen LogP contribution >= 0.6 is 0 Å². The van der Waals surface area contributed by atoms with Crippen molar-refractivity contribution in [1.82, 2.24) is 0 Å². The van der Waals surface area contributed by atoms with E-state index in [1.54, 1.807) is 0 Å². The van der Waals surface area contributed by atoms with Crippen molar-refractivity contribution >= 4 is 0 Å². The Morgan fingerprint density at radius 3 is 3.12 bits per heavy atom. The second kappa shape index (κ2) is 6.00. The van der Waals surface area contributed by atoms with Gasteiger partial charge in [0, 0.05) is 6.42 Å². The lowest BCUT2D eigenvalue weighted by Gasteiger charge is -2.12. The van der Waals surface area contributed by atoms with Gasteiger partial charge < -0.3 is 19.9 Å². The summed E-state index contributed by atoms with van der Waals surface area (Å²) < 4.78 is 16.7. The fourth-order valence-corrected chi connectivity index (χ4v) is 1.89. The zero-order valence-corrected chi connectivity index (χ0v) is 10.1. The van der Waals surface area contributed by atoms with Gasteiger partial charge in [-0.15, -0.1) is 0 Å². The number of hydrogen-bond acceptors (Lipinski definition) is 4. The predicted molar refractivity (Wildman–Crippen MR) is 64.8 cm³/mol. The third-order valence-corrected chi connectivity index (χ3v) is 2.69. The highest BCUT2D eigenvalue weighted by Crippen LogP contribution is 2.29. The maximum absolute atomic E-state index is 5.76. The molecule has 0 aromatic heterocycles. The SMILES string of the molecule is CCOc1cccc(C2COC(CCN)O2)c1. The molecule has 4 nitrogen and oxygen atoms in total. The van der Waals surface area contributed by atoms with Gasteiger partial charge in [-0.05, 0) is 31.2 Å². The molecule has 4 heteroatoms. The van der Waals surface area contributed by atoms with E-state index in [0.717, 1.165) is 17.7 Å². The molecule has 1 aromatic carbocycles. The van der Waals surface area contributed by atoms with Crippen LogP contribution in [-0.4, -0.2) is 26.0 Å². The molecule has 1 saturated heterocycles. The van der Waals surface area contributed by atoms with Crippen LogP contribution in [0.3, 0.4) is 0 Å². The van der Waals surface area contributed by atoms with Crippen LogP contribution in [0, 0.1) is 0 Å². The highest BCUT2D eigenvalue weighted by Gasteiger charge is 2.26. The third-order valence-electron chi connectivity index (χ3n) is 2.69. The molecule has 0 bridgehead atoms. The van der Waals surface area contributed by atoms with Crippen LogP contribution in [0.1, 0.15) is 25.0 Å². The summed E-state index contributed by atoms with van der Waals surface area (Å²) >= 11 is 0. The fourth-order valence-electron chi connectivity index (χ4n) is 1.89. The van der Waals surface area contributed by atoms with Crippen molar-refractivity contribution in [2.75, 3.05) is 19.8 Å². The van der Waals surface area contributed by atoms with Gasteiger partial charge in [-0.1, -0.05) is 12.1 Å². The van der Waals surface area contributed by atoms with Crippen LogP contribution in [0.25, 0.3) is 0 Å². The van der Waals surface area contributed by atoms with Crippen LogP contribution in [0.5, 0.6) is 5.75 Å². The molecule has 1 fully saturated rings. The Morgan fingerprint density at radius 2 is 2.35 bits per heavy atom. The van der Waals surface area contributed by atoms with Crippen molar-refractivity contribution in [3.63, 3.8) is 0 Å². The van der Waals surface area contributed by atoms with E-state index in [9.17, 15) is 0 Å². The first-order valence-electron chi connectivity index (χ1n) is 6.03. The summed E-state index contributed by atoms with van der Waals surface area (Å²) in [5.74, 6) is 0.871. The summed E-state index contributed by atoms with van der Waals surface area (Å²) in [6.07, 6.45) is 0.564. The van der Waals surface area contributed by atoms with E-state index >= 15 is 0 Å². The lowest BCUT2D eigenvalue weighted by molar-refractivity contribution is -0.0606. The predicted octanol–water partition coefficient (Wildman–Crippen LogP) is 1.85. The largest absolute Gasteiger partial charge is 0.494 e. The van der Waals surface area contributed by atoms with Gasteiger partial charge in [0.2, 0.25) is 0 Å². The Labute approximate surface area is 102 Å². The summed E-state index contributed by atoms with van der Waals surface area (Å²) in [7, 11) is 0. The maximum atomic E-state index is 5.76. The Kier molecular flexibility index (Phi) is 4.36. The van der Waals surface area contributed by atoms with Crippen LogP contribution in [0.2, 0.25) is 0 Å². The number of ether oxygens (including phenoxy) is 3. The van der Waals surface area contributed by atoms with Gasteiger partial charge in [0.05, 0.1) is 13.2 Å². The van der Waals surface area contributed by atoms with Gasteiger partial charge in [0.25, 0.3) is 0 Å². The molecule has 1 aliphatic rings. The molecule has 1 heterocycles. The quantitative estimate of drug-likeness (QED) is 0.849. The molecule has 17 heavy (non-hydrogen) atoms. The molecule has 0 saturated carbocycles. The maximum Gasteiger partial charge on any atom is 0.159 e. The summed E-state index contributed by atoms with van der Waals surface area (Å²) in [6, 6.07) is 7.95. The van der Waals surface area contributed by atoms with Crippen molar-refractivity contribution < 1.29 is 14.2 Å². The standard InChI is InChI=1S/C13H19NO3/c1-2-15-11-5-3-4-10(8-11)12-9-16-13(17-12)6-7-14/h3-5,8,12-13H,2,6-7,9,14H2,1H3. The molecule has 2 atom stereocenters. The molecule has 0 radical (unpaired) electrons. The van der Waals surface area contributed by atoms with Crippen molar-refractivity contribution in [2.24, 2.45) is 5.73 Å². The molecular weight excluding hydrogens is 218 g/mol. The Balaban J connectivity index is 2.00. The topological polar surface area (TPSA) is 53.7 Å². The minimum atomic E-state index is -0.166. The van der Waals surface area contributed by atoms with Gasteiger partial charge >= 0.3 is 0 Å². The lowest BCUT2D eigenvalue weighted by Crippen LogP contribution is -2.14. The monoisotopic (exact) mass is 237 g/mol. The molecule has 0 amide bonds. The molecule has 2 rings (SSSR count). The van der Waals surface area contributed by atoms with E-state index < -0.39 is 0 Å². The summed E-state index contributed by atoms with van der Waals surface area (Å²) in [6.45, 7) is 3.80. The van der Waals surface area contributed by atoms with Crippen LogP contribution in [0.15, 0.2) is 24.3 Å². The molecule has 0 spiro atoms. The average Bonchev–Trinajstić information content (AvgIpc) is 2.79. The molecule has 1 aliphatic heterocycles. The van der Waals surface area contributed by atoms with E-state index in [4.69, 9.17) is 19.9 Å². The summed E-state index contributed by atoms with van der Waals surface area (Å²) in [4.78, 5) is 0. The number of benzene rings is 1. The van der Waals surface area contributed by atoms with Crippen molar-refractivity contribution in [2.45, 2.75) is 25.7 Å². The minimum Gasteiger partial charge on any atom is -0.494 e. The highest BCUT2D eigenvalue weighted by atomic mass is 16.7. The van der Waals surface area contributed by atoms with Gasteiger partial charge in [-0.3, -0.25) is 0 Å². The smallest absolute Gasteiger partial charge is 0.159 e. The van der Waals surface area contributed by atoms with Gasteiger partial charge in [0.1, 0.15) is 11.9 Å². The number of rotatable bonds is 5. The molecule has 94 valence electrons. The zero-order chi connectivity index (χ0) is 12.1. The van der Waals surface area contributed by atoms with Gasteiger partial charge in [0.15, 0.2) is 6.29 Å². The fraction of sp³-hybridized carbons (Fsp3) is 0.538. The first-order chi connectivity index (χ1) is 8.33. The van der Waals surface area contributed by atoms with E-state index in [1.807, 2.05) is 31.2 Å². The van der Waals surface area contributed by atoms with Crippen LogP contribution in [-0.2, 0) is 9.47 Å². The van der Waals surface area contributed by atoms with Crippen molar-refractivity contribution in [3.8, 4) is 5.75 Å². The minimum absolute atomic E-state index is 0.00745. The van der Waals surface area contributed by atoms with Crippen molar-refractivity contribution in [3.05, 3.63) is 29.8 Å². The van der Waals surface area contributed by atoms with E-state index in [0.29, 0.717) is 19.8 Å². The Bertz CT molecular complexity index is 356. The lowest BCUT2D eigenvalue weighted by atomic mass is 10.1. The van der Waals surface area contributed by atoms with E-state index in [1.165, 1.54) is 0 Å². The molecule has 1 aromatic rings. The average molecular weight is 237 g/mol. The normalized spacial score (nSPS) is 23.9. The van der Waals surface area contributed by atoms with E-state index in [2.05, 4.69) is 0 Å². The molecule has 0 aliphatic carbocycles. The second-order valence-electron chi connectivity index (χ2n) is 3.97. The summed E-state index contributed by atoms with van der Waals surface area (Å²) in [5, 5.41) is 0. The van der Waals surface area contributed by atoms with Crippen LogP contribution < -0.4 is 10.5 Å².